The molecule has 1 spiro atoms. The number of piperidine rings is 1. The fraction of sp³-hybridized carbons (Fsp3) is 0.591. The van der Waals surface area contributed by atoms with E-state index in [1.165, 1.54) is 12.1 Å². The SMILES string of the molecule is CC(C)(C)OC(=O)N1CCC2(CC1)CC(c1noc(-c3ccc(C(F)(F)F)cc3)n1)C2. The number of nitrogens with zero attached hydrogens (tertiary/aromatic N) is 3. The van der Waals surface area contributed by atoms with Crippen molar-refractivity contribution >= 4 is 6.09 Å². The highest BCUT2D eigenvalue weighted by Crippen LogP contribution is 2.56. The first-order valence-corrected chi connectivity index (χ1v) is 10.4. The number of aromatic nitrogens is 2. The Kier molecular flexibility index (Phi) is 5.26. The quantitative estimate of drug-likeness (QED) is 0.607. The molecule has 31 heavy (non-hydrogen) atoms. The van der Waals surface area contributed by atoms with Crippen molar-refractivity contribution in [2.75, 3.05) is 13.1 Å². The number of ether oxygens (including phenoxy) is 1. The van der Waals surface area contributed by atoms with Crippen LogP contribution in [0.15, 0.2) is 28.8 Å². The number of alkyl halides is 3. The fourth-order valence-corrected chi connectivity index (χ4v) is 4.39. The summed E-state index contributed by atoms with van der Waals surface area (Å²) in [6.45, 7) is 6.92. The Hall–Kier alpha value is -2.58. The molecule has 0 atom stereocenters. The molecule has 2 aromatic rings. The van der Waals surface area contributed by atoms with E-state index in [4.69, 9.17) is 9.26 Å². The molecule has 1 saturated carbocycles. The molecule has 1 saturated heterocycles. The third-order valence-corrected chi connectivity index (χ3v) is 6.10. The van der Waals surface area contributed by atoms with E-state index in [9.17, 15) is 18.0 Å². The summed E-state index contributed by atoms with van der Waals surface area (Å²) in [6.07, 6.45) is -0.990. The van der Waals surface area contributed by atoms with Crippen molar-refractivity contribution in [1.29, 1.82) is 0 Å². The summed E-state index contributed by atoms with van der Waals surface area (Å²) >= 11 is 0. The molecule has 168 valence electrons. The van der Waals surface area contributed by atoms with Gasteiger partial charge >= 0.3 is 12.3 Å². The first-order chi connectivity index (χ1) is 14.4. The zero-order valence-electron chi connectivity index (χ0n) is 17.8. The second kappa shape index (κ2) is 7.53. The van der Waals surface area contributed by atoms with Gasteiger partial charge in [-0.25, -0.2) is 4.79 Å². The molecule has 0 unspecified atom stereocenters. The second-order valence-electron chi connectivity index (χ2n) is 9.61. The van der Waals surface area contributed by atoms with Crippen LogP contribution in [0.25, 0.3) is 11.5 Å². The van der Waals surface area contributed by atoms with Crippen LogP contribution in [0.1, 0.15) is 63.8 Å². The van der Waals surface area contributed by atoms with Crippen molar-refractivity contribution in [1.82, 2.24) is 15.0 Å². The number of hydrogen-bond acceptors (Lipinski definition) is 5. The van der Waals surface area contributed by atoms with Crippen molar-refractivity contribution in [3.05, 3.63) is 35.7 Å². The minimum atomic E-state index is -4.38. The van der Waals surface area contributed by atoms with E-state index in [-0.39, 0.29) is 23.3 Å². The summed E-state index contributed by atoms with van der Waals surface area (Å²) in [5.41, 5.74) is -0.573. The van der Waals surface area contributed by atoms with Crippen molar-refractivity contribution in [2.24, 2.45) is 5.41 Å². The number of benzene rings is 1. The molecule has 1 aromatic carbocycles. The molecular formula is C22H26F3N3O3. The van der Waals surface area contributed by atoms with Gasteiger partial charge in [-0.15, -0.1) is 0 Å². The normalized spacial score (nSPS) is 19.4. The minimum Gasteiger partial charge on any atom is -0.444 e. The number of carbonyl (C=O) groups excluding carboxylic acids is 1. The van der Waals surface area contributed by atoms with E-state index in [2.05, 4.69) is 10.1 Å². The zero-order chi connectivity index (χ0) is 22.4. The average Bonchev–Trinajstić information content (AvgIpc) is 3.14. The van der Waals surface area contributed by atoms with Crippen LogP contribution in [0.3, 0.4) is 0 Å². The minimum absolute atomic E-state index is 0.167. The van der Waals surface area contributed by atoms with Gasteiger partial charge in [0.05, 0.1) is 5.56 Å². The standard InChI is InChI=1S/C22H26F3N3O3/c1-20(2,3)30-19(29)28-10-8-21(9-11-28)12-15(13-21)17-26-18(31-27-17)14-4-6-16(7-5-14)22(23,24)25/h4-7,15H,8-13H2,1-3H3. The van der Waals surface area contributed by atoms with E-state index >= 15 is 0 Å². The summed E-state index contributed by atoms with van der Waals surface area (Å²) in [5, 5.41) is 4.05. The van der Waals surface area contributed by atoms with Crippen LogP contribution in [0, 0.1) is 5.41 Å². The Balaban J connectivity index is 1.32. The summed E-state index contributed by atoms with van der Waals surface area (Å²) in [5.74, 6) is 0.986. The maximum absolute atomic E-state index is 12.7. The molecule has 2 fully saturated rings. The third kappa shape index (κ3) is 4.70. The number of likely N-dealkylation sites (tertiary alicyclic amines) is 1. The number of halogens is 3. The van der Waals surface area contributed by atoms with Crippen LogP contribution in [-0.4, -0.2) is 39.8 Å². The average molecular weight is 437 g/mol. The van der Waals surface area contributed by atoms with Crippen molar-refractivity contribution in [3.8, 4) is 11.5 Å². The topological polar surface area (TPSA) is 68.5 Å². The van der Waals surface area contributed by atoms with Crippen LogP contribution >= 0.6 is 0 Å². The summed E-state index contributed by atoms with van der Waals surface area (Å²) in [4.78, 5) is 18.4. The summed E-state index contributed by atoms with van der Waals surface area (Å²) in [7, 11) is 0. The van der Waals surface area contributed by atoms with E-state index in [1.807, 2.05) is 20.8 Å². The number of amides is 1. The highest BCUT2D eigenvalue weighted by Gasteiger charge is 2.48. The molecular weight excluding hydrogens is 411 g/mol. The van der Waals surface area contributed by atoms with Crippen LogP contribution < -0.4 is 0 Å². The van der Waals surface area contributed by atoms with E-state index < -0.39 is 17.3 Å². The van der Waals surface area contributed by atoms with E-state index in [0.29, 0.717) is 24.5 Å². The maximum atomic E-state index is 12.7. The van der Waals surface area contributed by atoms with Gasteiger partial charge in [0.2, 0.25) is 0 Å². The molecule has 4 rings (SSSR count). The van der Waals surface area contributed by atoms with Gasteiger partial charge in [0.25, 0.3) is 5.89 Å². The molecule has 6 nitrogen and oxygen atoms in total. The number of rotatable bonds is 2. The van der Waals surface area contributed by atoms with Crippen LogP contribution in [0.5, 0.6) is 0 Å². The largest absolute Gasteiger partial charge is 0.444 e. The zero-order valence-corrected chi connectivity index (χ0v) is 17.8. The van der Waals surface area contributed by atoms with Crippen LogP contribution in [0.2, 0.25) is 0 Å². The third-order valence-electron chi connectivity index (χ3n) is 6.10. The number of carbonyl (C=O) groups is 1. The first kappa shape index (κ1) is 21.6. The number of hydrogen-bond donors (Lipinski definition) is 0. The molecule has 0 radical (unpaired) electrons. The van der Waals surface area contributed by atoms with Crippen molar-refractivity contribution in [2.45, 2.75) is 64.1 Å². The van der Waals surface area contributed by atoms with Gasteiger partial charge in [-0.2, -0.15) is 18.2 Å². The predicted octanol–water partition coefficient (Wildman–Crippen LogP) is 5.65. The Morgan fingerprint density at radius 1 is 1.13 bits per heavy atom. The van der Waals surface area contributed by atoms with Gasteiger partial charge in [0.15, 0.2) is 5.82 Å². The van der Waals surface area contributed by atoms with Gasteiger partial charge in [0.1, 0.15) is 5.60 Å². The molecule has 1 aliphatic heterocycles. The second-order valence-corrected chi connectivity index (χ2v) is 9.61. The lowest BCUT2D eigenvalue weighted by Crippen LogP contribution is -2.49. The van der Waals surface area contributed by atoms with Gasteiger partial charge < -0.3 is 14.2 Å². The Morgan fingerprint density at radius 3 is 2.29 bits per heavy atom. The monoisotopic (exact) mass is 437 g/mol. The van der Waals surface area contributed by atoms with Gasteiger partial charge in [-0.05, 0) is 76.1 Å². The summed E-state index contributed by atoms with van der Waals surface area (Å²) in [6, 6.07) is 4.70. The Morgan fingerprint density at radius 2 is 1.74 bits per heavy atom. The highest BCUT2D eigenvalue weighted by atomic mass is 19.4. The molecule has 1 aromatic heterocycles. The molecule has 2 heterocycles. The molecule has 1 aliphatic carbocycles. The first-order valence-electron chi connectivity index (χ1n) is 10.4. The van der Waals surface area contributed by atoms with Gasteiger partial charge in [-0.3, -0.25) is 0 Å². The highest BCUT2D eigenvalue weighted by molar-refractivity contribution is 5.68. The molecule has 1 amide bonds. The van der Waals surface area contributed by atoms with E-state index in [1.54, 1.807) is 4.90 Å². The van der Waals surface area contributed by atoms with Gasteiger partial charge in [-0.1, -0.05) is 5.16 Å². The molecule has 0 bridgehead atoms. The Labute approximate surface area is 178 Å². The maximum Gasteiger partial charge on any atom is 0.416 e. The fourth-order valence-electron chi connectivity index (χ4n) is 4.39. The molecule has 0 N–H and O–H groups in total. The Bertz CT molecular complexity index is 931. The van der Waals surface area contributed by atoms with Crippen LogP contribution in [-0.2, 0) is 10.9 Å². The lowest BCUT2D eigenvalue weighted by molar-refractivity contribution is -0.137. The van der Waals surface area contributed by atoms with Gasteiger partial charge in [0, 0.05) is 24.6 Å². The predicted molar refractivity (Wildman–Crippen MR) is 106 cm³/mol. The van der Waals surface area contributed by atoms with E-state index in [0.717, 1.165) is 37.8 Å². The van der Waals surface area contributed by atoms with Crippen molar-refractivity contribution < 1.29 is 27.2 Å². The molecule has 9 heteroatoms. The molecule has 2 aliphatic rings. The lowest BCUT2D eigenvalue weighted by Gasteiger charge is -2.51. The lowest BCUT2D eigenvalue weighted by atomic mass is 9.57. The van der Waals surface area contributed by atoms with Crippen molar-refractivity contribution in [3.63, 3.8) is 0 Å². The summed E-state index contributed by atoms with van der Waals surface area (Å²) < 4.78 is 48.9. The smallest absolute Gasteiger partial charge is 0.416 e. The van der Waals surface area contributed by atoms with Crippen LogP contribution in [0.4, 0.5) is 18.0 Å².